The minimum Gasteiger partial charge on any atom is -0.404 e. The standard InChI is InChI=1S/C20H34FN4O6P/c21-19(20(27)24-13-7-2-1-5-11-22)16-14-15(9-10-17(16)31-32(28,29)30)25-18(26)8-4-3-6-12-23/h9-10,14,19H,1-8,11-13,22-23H2,(H,24,27)(H,25,26)(H2,28,29,30). The van der Waals surface area contributed by atoms with Crippen LogP contribution in [-0.4, -0.2) is 41.2 Å². The number of anilines is 1. The van der Waals surface area contributed by atoms with Gasteiger partial charge in [-0.3, -0.25) is 19.4 Å². The predicted molar refractivity (Wildman–Crippen MR) is 120 cm³/mol. The number of unbranched alkanes of at least 4 members (excludes halogenated alkanes) is 5. The van der Waals surface area contributed by atoms with Gasteiger partial charge in [0, 0.05) is 24.2 Å². The van der Waals surface area contributed by atoms with Crippen molar-refractivity contribution in [1.29, 1.82) is 0 Å². The number of carbonyl (C=O) groups is 2. The Kier molecular flexibility index (Phi) is 13.0. The van der Waals surface area contributed by atoms with Crippen LogP contribution in [0.25, 0.3) is 0 Å². The maximum absolute atomic E-state index is 14.9. The third-order valence-electron chi connectivity index (χ3n) is 4.55. The summed E-state index contributed by atoms with van der Waals surface area (Å²) in [6, 6.07) is 3.55. The molecule has 0 heterocycles. The van der Waals surface area contributed by atoms with E-state index < -0.39 is 31.2 Å². The van der Waals surface area contributed by atoms with Crippen LogP contribution in [0.1, 0.15) is 63.1 Å². The Labute approximate surface area is 187 Å². The summed E-state index contributed by atoms with van der Waals surface area (Å²) in [5.41, 5.74) is 10.6. The summed E-state index contributed by atoms with van der Waals surface area (Å²) in [5, 5.41) is 5.04. The van der Waals surface area contributed by atoms with E-state index in [2.05, 4.69) is 15.2 Å². The zero-order valence-electron chi connectivity index (χ0n) is 18.1. The molecule has 1 aromatic rings. The van der Waals surface area contributed by atoms with Crippen molar-refractivity contribution < 1.29 is 32.9 Å². The van der Waals surface area contributed by atoms with E-state index in [4.69, 9.17) is 21.3 Å². The van der Waals surface area contributed by atoms with E-state index >= 15 is 0 Å². The van der Waals surface area contributed by atoms with Crippen molar-refractivity contribution in [3.63, 3.8) is 0 Å². The maximum atomic E-state index is 14.9. The fourth-order valence-electron chi connectivity index (χ4n) is 2.93. The quantitative estimate of drug-likeness (QED) is 0.155. The highest BCUT2D eigenvalue weighted by Gasteiger charge is 2.27. The maximum Gasteiger partial charge on any atom is 0.524 e. The smallest absolute Gasteiger partial charge is 0.404 e. The highest BCUT2D eigenvalue weighted by Crippen LogP contribution is 2.42. The van der Waals surface area contributed by atoms with Crippen molar-refractivity contribution >= 4 is 25.3 Å². The number of hydrogen-bond donors (Lipinski definition) is 6. The van der Waals surface area contributed by atoms with E-state index in [0.29, 0.717) is 25.9 Å². The lowest BCUT2D eigenvalue weighted by Crippen LogP contribution is -2.28. The van der Waals surface area contributed by atoms with E-state index in [1.54, 1.807) is 0 Å². The molecular formula is C20H34FN4O6P. The molecule has 0 radical (unpaired) electrons. The molecule has 12 heteroatoms. The lowest BCUT2D eigenvalue weighted by atomic mass is 10.1. The molecule has 1 rings (SSSR count). The van der Waals surface area contributed by atoms with E-state index in [1.165, 1.54) is 6.07 Å². The van der Waals surface area contributed by atoms with E-state index in [9.17, 15) is 18.5 Å². The summed E-state index contributed by atoms with van der Waals surface area (Å²) in [6.45, 7) is 1.37. The molecule has 0 aliphatic carbocycles. The van der Waals surface area contributed by atoms with Crippen molar-refractivity contribution in [3.8, 4) is 5.75 Å². The van der Waals surface area contributed by atoms with Crippen molar-refractivity contribution in [2.45, 2.75) is 57.5 Å². The number of nitrogens with two attached hydrogens (primary N) is 2. The second kappa shape index (κ2) is 14.9. The van der Waals surface area contributed by atoms with E-state index in [1.807, 2.05) is 0 Å². The summed E-state index contributed by atoms with van der Waals surface area (Å²) in [6.07, 6.45) is 3.46. The van der Waals surface area contributed by atoms with Crippen molar-refractivity contribution in [2.75, 3.05) is 25.0 Å². The second-order valence-electron chi connectivity index (χ2n) is 7.34. The third-order valence-corrected chi connectivity index (χ3v) is 4.99. The van der Waals surface area contributed by atoms with Crippen LogP contribution in [0, 0.1) is 0 Å². The van der Waals surface area contributed by atoms with Gasteiger partial charge in [-0.05, 0) is 57.0 Å². The van der Waals surface area contributed by atoms with Gasteiger partial charge in [0.1, 0.15) is 5.75 Å². The topological polar surface area (TPSA) is 177 Å². The number of nitrogens with one attached hydrogen (secondary N) is 2. The summed E-state index contributed by atoms with van der Waals surface area (Å²) < 4.78 is 30.7. The highest BCUT2D eigenvalue weighted by atomic mass is 31.2. The monoisotopic (exact) mass is 476 g/mol. The minimum absolute atomic E-state index is 0.180. The molecule has 0 bridgehead atoms. The molecule has 2 amide bonds. The summed E-state index contributed by atoms with van der Waals surface area (Å²) in [5.74, 6) is -1.76. The van der Waals surface area contributed by atoms with Gasteiger partial charge >= 0.3 is 7.82 Å². The Morgan fingerprint density at radius 1 is 1.03 bits per heavy atom. The molecular weight excluding hydrogens is 442 g/mol. The first kappa shape index (κ1) is 28.0. The Morgan fingerprint density at radius 2 is 1.66 bits per heavy atom. The Hall–Kier alpha value is -2.04. The number of hydrogen-bond acceptors (Lipinski definition) is 6. The molecule has 0 saturated heterocycles. The van der Waals surface area contributed by atoms with Gasteiger partial charge in [-0.15, -0.1) is 0 Å². The lowest BCUT2D eigenvalue weighted by Gasteiger charge is -2.17. The molecule has 0 spiro atoms. The van der Waals surface area contributed by atoms with Crippen LogP contribution in [0.3, 0.4) is 0 Å². The number of rotatable bonds is 16. The van der Waals surface area contributed by atoms with Crippen LogP contribution in [-0.2, 0) is 14.2 Å². The number of phosphoric ester groups is 1. The molecule has 0 saturated carbocycles. The van der Waals surface area contributed by atoms with Crippen LogP contribution >= 0.6 is 7.82 Å². The number of carbonyl (C=O) groups excluding carboxylic acids is 2. The summed E-state index contributed by atoms with van der Waals surface area (Å²) in [4.78, 5) is 42.5. The van der Waals surface area contributed by atoms with Crippen LogP contribution in [0.4, 0.5) is 10.1 Å². The molecule has 1 atom stereocenters. The number of phosphoric acid groups is 1. The Balaban J connectivity index is 2.84. The Bertz CT molecular complexity index is 776. The Morgan fingerprint density at radius 3 is 2.28 bits per heavy atom. The number of amides is 2. The van der Waals surface area contributed by atoms with Crippen LogP contribution < -0.4 is 26.6 Å². The average Bonchev–Trinajstić information content (AvgIpc) is 2.73. The van der Waals surface area contributed by atoms with Crippen molar-refractivity contribution in [3.05, 3.63) is 23.8 Å². The number of halogens is 1. The minimum atomic E-state index is -4.99. The van der Waals surface area contributed by atoms with Crippen molar-refractivity contribution in [2.24, 2.45) is 11.5 Å². The molecule has 0 aromatic heterocycles. The molecule has 0 aliphatic rings. The fraction of sp³-hybridized carbons (Fsp3) is 0.600. The van der Waals surface area contributed by atoms with E-state index in [0.717, 1.165) is 44.2 Å². The van der Waals surface area contributed by atoms with E-state index in [-0.39, 0.29) is 24.6 Å². The van der Waals surface area contributed by atoms with Crippen LogP contribution in [0.5, 0.6) is 5.75 Å². The first-order valence-corrected chi connectivity index (χ1v) is 12.2. The van der Waals surface area contributed by atoms with Gasteiger partial charge in [-0.25, -0.2) is 8.96 Å². The van der Waals surface area contributed by atoms with Crippen LogP contribution in [0.15, 0.2) is 18.2 Å². The van der Waals surface area contributed by atoms with Gasteiger partial charge in [-0.2, -0.15) is 0 Å². The summed E-state index contributed by atoms with van der Waals surface area (Å²) >= 11 is 0. The molecule has 0 fully saturated rings. The normalized spacial score (nSPS) is 12.3. The van der Waals surface area contributed by atoms with Gasteiger partial charge in [0.2, 0.25) is 12.1 Å². The molecule has 32 heavy (non-hydrogen) atoms. The van der Waals surface area contributed by atoms with Gasteiger partial charge < -0.3 is 26.6 Å². The number of alkyl halides is 1. The molecule has 182 valence electrons. The zero-order chi connectivity index (χ0) is 24.0. The fourth-order valence-corrected chi connectivity index (χ4v) is 3.35. The molecule has 1 aromatic carbocycles. The van der Waals surface area contributed by atoms with Crippen molar-refractivity contribution in [1.82, 2.24) is 5.32 Å². The SMILES string of the molecule is NCCCCCCNC(=O)C(F)c1cc(NC(=O)CCCCCN)ccc1OP(=O)(O)O. The highest BCUT2D eigenvalue weighted by molar-refractivity contribution is 7.46. The average molecular weight is 476 g/mol. The van der Waals surface area contributed by atoms with Crippen LogP contribution in [0.2, 0.25) is 0 Å². The van der Waals surface area contributed by atoms with Gasteiger partial charge in [0.25, 0.3) is 5.91 Å². The molecule has 0 aliphatic heterocycles. The first-order chi connectivity index (χ1) is 15.2. The van der Waals surface area contributed by atoms with Gasteiger partial charge in [-0.1, -0.05) is 19.3 Å². The first-order valence-electron chi connectivity index (χ1n) is 10.7. The number of benzene rings is 1. The van der Waals surface area contributed by atoms with Gasteiger partial charge in [0.05, 0.1) is 0 Å². The lowest BCUT2D eigenvalue weighted by molar-refractivity contribution is -0.126. The second-order valence-corrected chi connectivity index (χ2v) is 8.50. The molecule has 8 N–H and O–H groups in total. The van der Waals surface area contributed by atoms with Gasteiger partial charge in [0.15, 0.2) is 0 Å². The zero-order valence-corrected chi connectivity index (χ0v) is 19.0. The molecule has 1 unspecified atom stereocenters. The largest absolute Gasteiger partial charge is 0.524 e. The summed E-state index contributed by atoms with van der Waals surface area (Å²) in [7, 11) is -4.99. The predicted octanol–water partition coefficient (Wildman–Crippen LogP) is 2.26. The molecule has 10 nitrogen and oxygen atoms in total. The third kappa shape index (κ3) is 11.5.